The van der Waals surface area contributed by atoms with Crippen molar-refractivity contribution in [2.75, 3.05) is 12.4 Å². The predicted molar refractivity (Wildman–Crippen MR) is 80.0 cm³/mol. The molecule has 0 saturated carbocycles. The highest BCUT2D eigenvalue weighted by Gasteiger charge is 2.11. The van der Waals surface area contributed by atoms with E-state index in [2.05, 4.69) is 10.6 Å². The predicted octanol–water partition coefficient (Wildman–Crippen LogP) is 2.67. The average molecular weight is 270 g/mol. The number of phenols is 1. The maximum Gasteiger partial charge on any atom is 0.259 e. The third kappa shape index (κ3) is 3.36. The van der Waals surface area contributed by atoms with Gasteiger partial charge in [-0.05, 0) is 43.8 Å². The summed E-state index contributed by atoms with van der Waals surface area (Å²) in [5.41, 5.74) is 3.00. The van der Waals surface area contributed by atoms with E-state index in [0.29, 0.717) is 5.69 Å². The molecule has 0 atom stereocenters. The first-order valence-electron chi connectivity index (χ1n) is 6.44. The molecule has 0 unspecified atom stereocenters. The summed E-state index contributed by atoms with van der Waals surface area (Å²) in [4.78, 5) is 12.2. The van der Waals surface area contributed by atoms with Gasteiger partial charge in [0.25, 0.3) is 5.91 Å². The maximum absolute atomic E-state index is 12.2. The summed E-state index contributed by atoms with van der Waals surface area (Å²) < 4.78 is 0. The minimum Gasteiger partial charge on any atom is -0.507 e. The molecule has 104 valence electrons. The molecule has 0 heterocycles. The Morgan fingerprint density at radius 2 is 2.00 bits per heavy atom. The van der Waals surface area contributed by atoms with Crippen molar-refractivity contribution in [3.63, 3.8) is 0 Å². The molecule has 0 aromatic heterocycles. The van der Waals surface area contributed by atoms with Crippen molar-refractivity contribution in [3.05, 3.63) is 59.2 Å². The van der Waals surface area contributed by atoms with Crippen molar-refractivity contribution in [1.82, 2.24) is 5.32 Å². The minimum atomic E-state index is -0.312. The lowest BCUT2D eigenvalue weighted by atomic mass is 10.1. The topological polar surface area (TPSA) is 61.4 Å². The zero-order chi connectivity index (χ0) is 14.5. The normalized spacial score (nSPS) is 10.3. The maximum atomic E-state index is 12.2. The monoisotopic (exact) mass is 270 g/mol. The average Bonchev–Trinajstić information content (AvgIpc) is 2.42. The first kappa shape index (κ1) is 14.1. The van der Waals surface area contributed by atoms with Gasteiger partial charge in [0.1, 0.15) is 5.75 Å². The van der Waals surface area contributed by atoms with Crippen molar-refractivity contribution >= 4 is 11.6 Å². The molecular formula is C16H18N2O2. The van der Waals surface area contributed by atoms with Crippen LogP contribution in [0.25, 0.3) is 0 Å². The fraction of sp³-hybridized carbons (Fsp3) is 0.188. The van der Waals surface area contributed by atoms with Gasteiger partial charge < -0.3 is 15.7 Å². The second-order valence-corrected chi connectivity index (χ2v) is 4.71. The van der Waals surface area contributed by atoms with Gasteiger partial charge in [-0.2, -0.15) is 0 Å². The Bertz CT molecular complexity index is 624. The number of aromatic hydroxyl groups is 1. The fourth-order valence-electron chi connectivity index (χ4n) is 1.99. The van der Waals surface area contributed by atoms with Crippen LogP contribution in [0.3, 0.4) is 0 Å². The zero-order valence-corrected chi connectivity index (χ0v) is 11.6. The van der Waals surface area contributed by atoms with E-state index in [1.165, 1.54) is 6.07 Å². The molecule has 3 N–H and O–H groups in total. The van der Waals surface area contributed by atoms with Gasteiger partial charge in [-0.15, -0.1) is 0 Å². The molecule has 1 amide bonds. The van der Waals surface area contributed by atoms with Gasteiger partial charge in [0.15, 0.2) is 0 Å². The minimum absolute atomic E-state index is 0.0144. The zero-order valence-electron chi connectivity index (χ0n) is 11.6. The number of hydrogen-bond acceptors (Lipinski definition) is 3. The third-order valence-corrected chi connectivity index (χ3v) is 2.96. The number of amides is 1. The van der Waals surface area contributed by atoms with Crippen LogP contribution in [-0.4, -0.2) is 18.1 Å². The van der Waals surface area contributed by atoms with E-state index in [-0.39, 0.29) is 17.2 Å². The summed E-state index contributed by atoms with van der Waals surface area (Å²) in [6.07, 6.45) is 0. The Balaban J connectivity index is 2.19. The van der Waals surface area contributed by atoms with Crippen LogP contribution in [0.1, 0.15) is 21.5 Å². The summed E-state index contributed by atoms with van der Waals surface area (Å²) in [5, 5.41) is 15.6. The van der Waals surface area contributed by atoms with Crippen LogP contribution in [0.4, 0.5) is 5.69 Å². The van der Waals surface area contributed by atoms with Gasteiger partial charge in [0.2, 0.25) is 0 Å². The molecule has 4 heteroatoms. The highest BCUT2D eigenvalue weighted by molar-refractivity contribution is 6.06. The van der Waals surface area contributed by atoms with Crippen molar-refractivity contribution in [2.24, 2.45) is 0 Å². The lowest BCUT2D eigenvalue weighted by Crippen LogP contribution is -2.13. The molecule has 4 nitrogen and oxygen atoms in total. The Morgan fingerprint density at radius 1 is 1.20 bits per heavy atom. The third-order valence-electron chi connectivity index (χ3n) is 2.96. The van der Waals surface area contributed by atoms with E-state index >= 15 is 0 Å². The molecule has 2 aromatic carbocycles. The lowest BCUT2D eigenvalue weighted by Gasteiger charge is -2.09. The molecule has 2 rings (SSSR count). The van der Waals surface area contributed by atoms with Gasteiger partial charge in [-0.1, -0.05) is 23.8 Å². The van der Waals surface area contributed by atoms with Crippen LogP contribution >= 0.6 is 0 Å². The largest absolute Gasteiger partial charge is 0.507 e. The molecule has 0 bridgehead atoms. The van der Waals surface area contributed by atoms with Crippen LogP contribution in [0.15, 0.2) is 42.5 Å². The molecule has 0 radical (unpaired) electrons. The molecule has 0 aliphatic heterocycles. The second-order valence-electron chi connectivity index (χ2n) is 4.71. The number of nitrogens with one attached hydrogen (secondary N) is 2. The van der Waals surface area contributed by atoms with Crippen molar-refractivity contribution in [2.45, 2.75) is 13.5 Å². The summed E-state index contributed by atoms with van der Waals surface area (Å²) in [6, 6.07) is 12.6. The van der Waals surface area contributed by atoms with Gasteiger partial charge in [-0.25, -0.2) is 0 Å². The van der Waals surface area contributed by atoms with Crippen LogP contribution < -0.4 is 10.6 Å². The van der Waals surface area contributed by atoms with Gasteiger partial charge in [0, 0.05) is 12.2 Å². The Morgan fingerprint density at radius 3 is 2.75 bits per heavy atom. The van der Waals surface area contributed by atoms with Gasteiger partial charge in [0.05, 0.1) is 5.56 Å². The first-order chi connectivity index (χ1) is 9.60. The molecule has 0 aliphatic rings. The number of rotatable bonds is 4. The van der Waals surface area contributed by atoms with Crippen molar-refractivity contribution < 1.29 is 9.90 Å². The molecule has 20 heavy (non-hydrogen) atoms. The highest BCUT2D eigenvalue weighted by atomic mass is 16.3. The second kappa shape index (κ2) is 6.21. The molecule has 0 fully saturated rings. The Hall–Kier alpha value is -2.33. The van der Waals surface area contributed by atoms with Crippen molar-refractivity contribution in [3.8, 4) is 5.75 Å². The summed E-state index contributed by atoms with van der Waals surface area (Å²) in [6.45, 7) is 2.61. The van der Waals surface area contributed by atoms with Crippen LogP contribution in [0.5, 0.6) is 5.75 Å². The van der Waals surface area contributed by atoms with Crippen molar-refractivity contribution in [1.29, 1.82) is 0 Å². The van der Waals surface area contributed by atoms with Crippen LogP contribution in [0.2, 0.25) is 0 Å². The lowest BCUT2D eigenvalue weighted by molar-refractivity contribution is 0.102. The van der Waals surface area contributed by atoms with Crippen LogP contribution in [0, 0.1) is 6.92 Å². The quantitative estimate of drug-likeness (QED) is 0.800. The number of benzene rings is 2. The Kier molecular flexibility index (Phi) is 4.38. The van der Waals surface area contributed by atoms with E-state index in [0.717, 1.165) is 17.7 Å². The summed E-state index contributed by atoms with van der Waals surface area (Å²) in [5.74, 6) is -0.327. The highest BCUT2D eigenvalue weighted by Crippen LogP contribution is 2.20. The molecule has 2 aromatic rings. The molecule has 0 aliphatic carbocycles. The first-order valence-corrected chi connectivity index (χ1v) is 6.44. The molecule has 0 saturated heterocycles. The summed E-state index contributed by atoms with van der Waals surface area (Å²) in [7, 11) is 1.87. The van der Waals surface area contributed by atoms with Gasteiger partial charge in [-0.3, -0.25) is 4.79 Å². The van der Waals surface area contributed by atoms with E-state index < -0.39 is 0 Å². The smallest absolute Gasteiger partial charge is 0.259 e. The summed E-state index contributed by atoms with van der Waals surface area (Å²) >= 11 is 0. The van der Waals surface area contributed by atoms with Crippen LogP contribution in [-0.2, 0) is 6.54 Å². The van der Waals surface area contributed by atoms with E-state index in [1.807, 2.05) is 38.2 Å². The SMILES string of the molecule is CNCc1cccc(NC(=O)c2cc(C)ccc2O)c1. The fourth-order valence-corrected chi connectivity index (χ4v) is 1.99. The van der Waals surface area contributed by atoms with Gasteiger partial charge >= 0.3 is 0 Å². The number of phenolic OH excluding ortho intramolecular Hbond substituents is 1. The molecule has 0 spiro atoms. The van der Waals surface area contributed by atoms with E-state index in [9.17, 15) is 9.90 Å². The number of carbonyl (C=O) groups is 1. The standard InChI is InChI=1S/C16H18N2O2/c1-11-6-7-15(19)14(8-11)16(20)18-13-5-3-4-12(9-13)10-17-2/h3-9,17,19H,10H2,1-2H3,(H,18,20). The Labute approximate surface area is 118 Å². The number of carbonyl (C=O) groups excluding carboxylic acids is 1. The van der Waals surface area contributed by atoms with E-state index in [1.54, 1.807) is 12.1 Å². The number of anilines is 1. The number of aryl methyl sites for hydroxylation is 1. The molecular weight excluding hydrogens is 252 g/mol. The van der Waals surface area contributed by atoms with E-state index in [4.69, 9.17) is 0 Å². The number of hydrogen-bond donors (Lipinski definition) is 3.